The number of unbranched alkanes of at least 4 members (excludes halogenated alkanes) is 19. The van der Waals surface area contributed by atoms with Gasteiger partial charge in [-0.1, -0.05) is 197 Å². The number of carbonyl (C=O) groups is 2. The van der Waals surface area contributed by atoms with Crippen molar-refractivity contribution < 1.29 is 47.8 Å². The molecule has 0 radical (unpaired) electrons. The first-order chi connectivity index (χ1) is 28.2. The van der Waals surface area contributed by atoms with E-state index in [0.717, 1.165) is 44.9 Å². The Morgan fingerprint density at radius 2 is 0.931 bits per heavy atom. The third-order valence-electron chi connectivity index (χ3n) is 9.47. The van der Waals surface area contributed by atoms with Gasteiger partial charge in [-0.2, -0.15) is 0 Å². The van der Waals surface area contributed by atoms with Gasteiger partial charge in [0.25, 0.3) is 0 Å². The summed E-state index contributed by atoms with van der Waals surface area (Å²) in [6.07, 6.45) is 48.0. The van der Waals surface area contributed by atoms with Gasteiger partial charge in [0.15, 0.2) is 6.10 Å². The first kappa shape index (κ1) is 55.7. The minimum Gasteiger partial charge on any atom is -0.462 e. The quantitative estimate of drug-likeness (QED) is 0.0235. The van der Waals surface area contributed by atoms with Crippen LogP contribution in [0.15, 0.2) is 60.8 Å². The maximum absolute atomic E-state index is 12.5. The van der Waals surface area contributed by atoms with E-state index in [-0.39, 0.29) is 19.4 Å². The molecule has 0 heterocycles. The molecular formula is C47H83O10P. The summed E-state index contributed by atoms with van der Waals surface area (Å²) in [5.74, 6) is -1.07. The zero-order valence-electron chi connectivity index (χ0n) is 36.5. The third-order valence-corrected chi connectivity index (χ3v) is 10.4. The van der Waals surface area contributed by atoms with Gasteiger partial charge in [0.2, 0.25) is 0 Å². The summed E-state index contributed by atoms with van der Waals surface area (Å²) in [6.45, 7) is 2.17. The predicted octanol–water partition coefficient (Wildman–Crippen LogP) is 12.3. The normalized spacial score (nSPS) is 14.4. The molecule has 0 amide bonds. The average molecular weight is 839 g/mol. The van der Waals surface area contributed by atoms with E-state index in [9.17, 15) is 24.2 Å². The van der Waals surface area contributed by atoms with Crippen LogP contribution in [0, 0.1) is 0 Å². The number of phosphoric ester groups is 1. The fourth-order valence-corrected chi connectivity index (χ4v) is 6.80. The smallest absolute Gasteiger partial charge is 0.462 e. The highest BCUT2D eigenvalue weighted by Crippen LogP contribution is 2.43. The number of esters is 2. The molecule has 0 aliphatic rings. The fourth-order valence-electron chi connectivity index (χ4n) is 6.01. The number of aliphatic hydroxyl groups is 2. The van der Waals surface area contributed by atoms with E-state index in [1.165, 1.54) is 103 Å². The fraction of sp³-hybridized carbons (Fsp3) is 0.745. The highest BCUT2D eigenvalue weighted by atomic mass is 31.2. The van der Waals surface area contributed by atoms with E-state index in [4.69, 9.17) is 19.1 Å². The number of aliphatic hydroxyl groups excluding tert-OH is 2. The lowest BCUT2D eigenvalue weighted by molar-refractivity contribution is -0.160. The van der Waals surface area contributed by atoms with Crippen LogP contribution >= 0.6 is 7.82 Å². The third kappa shape index (κ3) is 41.8. The van der Waals surface area contributed by atoms with Crippen LogP contribution in [-0.2, 0) is 32.7 Å². The number of phosphoric acid groups is 1. The summed E-state index contributed by atoms with van der Waals surface area (Å²) in [6, 6.07) is 0. The predicted molar refractivity (Wildman–Crippen MR) is 237 cm³/mol. The number of rotatable bonds is 42. The first-order valence-corrected chi connectivity index (χ1v) is 24.2. The molecule has 3 unspecified atom stereocenters. The molecule has 0 aromatic heterocycles. The van der Waals surface area contributed by atoms with Crippen molar-refractivity contribution in [3.63, 3.8) is 0 Å². The molecule has 0 aromatic carbocycles. The highest BCUT2D eigenvalue weighted by Gasteiger charge is 2.27. The number of hydrogen-bond acceptors (Lipinski definition) is 9. The topological polar surface area (TPSA) is 149 Å². The van der Waals surface area contributed by atoms with Gasteiger partial charge in [-0.25, -0.2) is 4.57 Å². The molecule has 3 N–H and O–H groups in total. The molecule has 0 spiro atoms. The van der Waals surface area contributed by atoms with Crippen molar-refractivity contribution in [2.45, 2.75) is 199 Å². The van der Waals surface area contributed by atoms with E-state index in [1.807, 2.05) is 18.2 Å². The van der Waals surface area contributed by atoms with Crippen molar-refractivity contribution >= 4 is 19.8 Å². The zero-order chi connectivity index (χ0) is 42.6. The van der Waals surface area contributed by atoms with Gasteiger partial charge < -0.3 is 24.6 Å². The summed E-state index contributed by atoms with van der Waals surface area (Å²) < 4.78 is 32.6. The van der Waals surface area contributed by atoms with Gasteiger partial charge in [0.1, 0.15) is 12.7 Å². The molecule has 0 bridgehead atoms. The summed E-state index contributed by atoms with van der Waals surface area (Å²) in [7, 11) is -4.64. The molecule has 3 atom stereocenters. The molecular weight excluding hydrogens is 755 g/mol. The Balaban J connectivity index is 4.31. The van der Waals surface area contributed by atoms with Crippen LogP contribution in [0.3, 0.4) is 0 Å². The van der Waals surface area contributed by atoms with Crippen LogP contribution < -0.4 is 0 Å². The van der Waals surface area contributed by atoms with Crippen molar-refractivity contribution in [2.75, 3.05) is 26.4 Å². The number of ether oxygens (including phenoxy) is 2. The molecule has 0 saturated heterocycles. The monoisotopic (exact) mass is 839 g/mol. The van der Waals surface area contributed by atoms with Gasteiger partial charge in [-0.15, -0.1) is 0 Å². The molecule has 10 nitrogen and oxygen atoms in total. The summed E-state index contributed by atoms with van der Waals surface area (Å²) in [5.41, 5.74) is 0. The second kappa shape index (κ2) is 42.8. The molecule has 58 heavy (non-hydrogen) atoms. The van der Waals surface area contributed by atoms with Crippen molar-refractivity contribution in [3.8, 4) is 0 Å². The van der Waals surface area contributed by atoms with Crippen molar-refractivity contribution in [2.24, 2.45) is 0 Å². The Kier molecular flexibility index (Phi) is 41.1. The number of allylic oxidation sites excluding steroid dienone is 9. The van der Waals surface area contributed by atoms with Crippen molar-refractivity contribution in [3.05, 3.63) is 60.8 Å². The molecule has 0 aliphatic carbocycles. The summed E-state index contributed by atoms with van der Waals surface area (Å²) >= 11 is 0. The Bertz CT molecular complexity index is 1150. The number of carbonyl (C=O) groups excluding carboxylic acids is 2. The minimum absolute atomic E-state index is 0.0483. The van der Waals surface area contributed by atoms with Gasteiger partial charge in [0.05, 0.1) is 26.2 Å². The van der Waals surface area contributed by atoms with Gasteiger partial charge in [-0.05, 0) is 38.5 Å². The minimum atomic E-state index is -4.64. The molecule has 0 rings (SSSR count). The first-order valence-electron chi connectivity index (χ1n) is 22.7. The van der Waals surface area contributed by atoms with Gasteiger partial charge in [0, 0.05) is 6.42 Å². The van der Waals surface area contributed by atoms with Gasteiger partial charge in [-0.3, -0.25) is 18.6 Å². The molecule has 336 valence electrons. The van der Waals surface area contributed by atoms with Crippen LogP contribution in [-0.4, -0.2) is 65.7 Å². The molecule has 11 heteroatoms. The van der Waals surface area contributed by atoms with E-state index < -0.39 is 51.8 Å². The summed E-state index contributed by atoms with van der Waals surface area (Å²) in [4.78, 5) is 34.9. The SMILES string of the molecule is CC/C=C\C/C=C\C/C=C\C/C=C\C/C=C\CC(=O)OC(COC(=O)CCCCCCCCCCCCCCCCCCCCCC)COP(=O)(O)OCC(O)CO. The maximum Gasteiger partial charge on any atom is 0.472 e. The lowest BCUT2D eigenvalue weighted by atomic mass is 10.0. The zero-order valence-corrected chi connectivity index (χ0v) is 37.4. The van der Waals surface area contributed by atoms with Crippen LogP contribution in [0.2, 0.25) is 0 Å². The van der Waals surface area contributed by atoms with Crippen LogP contribution in [0.25, 0.3) is 0 Å². The largest absolute Gasteiger partial charge is 0.472 e. The van der Waals surface area contributed by atoms with E-state index >= 15 is 0 Å². The van der Waals surface area contributed by atoms with E-state index in [2.05, 4.69) is 54.8 Å². The van der Waals surface area contributed by atoms with Crippen LogP contribution in [0.1, 0.15) is 187 Å². The average Bonchev–Trinajstić information content (AvgIpc) is 3.21. The maximum atomic E-state index is 12.5. The Morgan fingerprint density at radius 1 is 0.534 bits per heavy atom. The van der Waals surface area contributed by atoms with Crippen LogP contribution in [0.5, 0.6) is 0 Å². The Labute approximate surface area is 353 Å². The Hall–Kier alpha value is -2.33. The van der Waals surface area contributed by atoms with E-state index in [0.29, 0.717) is 12.8 Å². The number of hydrogen-bond donors (Lipinski definition) is 3. The van der Waals surface area contributed by atoms with E-state index in [1.54, 1.807) is 6.08 Å². The molecule has 0 aliphatic heterocycles. The van der Waals surface area contributed by atoms with Gasteiger partial charge >= 0.3 is 19.8 Å². The van der Waals surface area contributed by atoms with Crippen molar-refractivity contribution in [1.29, 1.82) is 0 Å². The standard InChI is InChI=1S/C47H83O10P/c1-3-5-7-9-11-13-15-17-19-20-21-22-23-25-26-28-30-32-34-36-38-46(50)54-42-45(43-56-58(52,53)55-41-44(49)40-48)57-47(51)39-37-35-33-31-29-27-24-18-16-14-12-10-8-6-4-2/h6,8,12,14,18,24,29,31,35,37,44-45,48-49H,3-5,7,9-11,13,15-17,19-23,25-28,30,32-34,36,38-43H2,1-2H3,(H,52,53)/b8-6-,14-12-,24-18-,31-29-,37-35-. The molecule has 0 saturated carbocycles. The molecule has 0 fully saturated rings. The highest BCUT2D eigenvalue weighted by molar-refractivity contribution is 7.47. The lowest BCUT2D eigenvalue weighted by Crippen LogP contribution is -2.29. The second-order valence-corrected chi connectivity index (χ2v) is 16.5. The van der Waals surface area contributed by atoms with Crippen molar-refractivity contribution in [1.82, 2.24) is 0 Å². The van der Waals surface area contributed by atoms with Crippen LogP contribution in [0.4, 0.5) is 0 Å². The Morgan fingerprint density at radius 3 is 1.36 bits per heavy atom. The second-order valence-electron chi connectivity index (χ2n) is 15.1. The molecule has 0 aromatic rings. The lowest BCUT2D eigenvalue weighted by Gasteiger charge is -2.20. The summed E-state index contributed by atoms with van der Waals surface area (Å²) in [5, 5.41) is 18.3.